The van der Waals surface area contributed by atoms with Crippen molar-refractivity contribution in [3.05, 3.63) is 54.1 Å². The quantitative estimate of drug-likeness (QED) is 0.615. The van der Waals surface area contributed by atoms with Crippen LogP contribution in [0.25, 0.3) is 11.1 Å². The Balaban J connectivity index is 1.63. The Morgan fingerprint density at radius 1 is 1.00 bits per heavy atom. The molecular weight excluding hydrogens is 376 g/mol. The number of nitrogens with zero attached hydrogens (tertiary/aromatic N) is 1. The number of nitrogens with one attached hydrogen (secondary N) is 1. The highest BCUT2D eigenvalue weighted by molar-refractivity contribution is 5.99. The molecule has 1 fully saturated rings. The summed E-state index contributed by atoms with van der Waals surface area (Å²) in [6, 6.07) is 13.2. The second-order valence-electron chi connectivity index (χ2n) is 6.46. The molecule has 1 aliphatic heterocycles. The number of rotatable bonds is 5. The summed E-state index contributed by atoms with van der Waals surface area (Å²) in [6.45, 7) is 3.41. The molecule has 1 saturated heterocycles. The van der Waals surface area contributed by atoms with Gasteiger partial charge in [-0.05, 0) is 42.3 Å². The zero-order valence-corrected chi connectivity index (χ0v) is 16.0. The van der Waals surface area contributed by atoms with Gasteiger partial charge in [0.25, 0.3) is 5.91 Å². The van der Waals surface area contributed by atoms with Crippen LogP contribution in [-0.4, -0.2) is 48.0 Å². The molecule has 0 spiro atoms. The van der Waals surface area contributed by atoms with E-state index < -0.39 is 30.0 Å². The van der Waals surface area contributed by atoms with E-state index in [1.807, 2.05) is 0 Å². The van der Waals surface area contributed by atoms with E-state index in [9.17, 15) is 19.2 Å². The molecule has 3 amide bonds. The second kappa shape index (κ2) is 8.55. The molecule has 2 aromatic rings. The summed E-state index contributed by atoms with van der Waals surface area (Å²) in [4.78, 5) is 48.1. The van der Waals surface area contributed by atoms with Gasteiger partial charge >= 0.3 is 18.0 Å². The van der Waals surface area contributed by atoms with Gasteiger partial charge in [-0.1, -0.05) is 24.3 Å². The summed E-state index contributed by atoms with van der Waals surface area (Å²) in [7, 11) is 0. The van der Waals surface area contributed by atoms with Gasteiger partial charge in [0.05, 0.1) is 5.56 Å². The van der Waals surface area contributed by atoms with E-state index in [1.165, 1.54) is 13.8 Å². The number of amides is 3. The molecule has 0 radical (unpaired) electrons. The van der Waals surface area contributed by atoms with Crippen LogP contribution in [0.5, 0.6) is 5.75 Å². The predicted molar refractivity (Wildman–Crippen MR) is 103 cm³/mol. The first kappa shape index (κ1) is 20.1. The van der Waals surface area contributed by atoms with E-state index in [2.05, 4.69) is 5.32 Å². The summed E-state index contributed by atoms with van der Waals surface area (Å²) < 4.78 is 10.2. The zero-order chi connectivity index (χ0) is 21.0. The predicted octanol–water partition coefficient (Wildman–Crippen LogP) is 2.38. The van der Waals surface area contributed by atoms with Crippen molar-refractivity contribution in [2.75, 3.05) is 13.1 Å². The van der Waals surface area contributed by atoms with Crippen molar-refractivity contribution in [3.8, 4) is 16.9 Å². The van der Waals surface area contributed by atoms with E-state index in [0.717, 1.165) is 16.0 Å². The maximum atomic E-state index is 12.3. The van der Waals surface area contributed by atoms with Gasteiger partial charge in [0.1, 0.15) is 5.75 Å². The number of carbonyl (C=O) groups is 4. The molecule has 1 heterocycles. The lowest BCUT2D eigenvalue weighted by Crippen LogP contribution is -2.41. The van der Waals surface area contributed by atoms with Gasteiger partial charge in [-0.15, -0.1) is 0 Å². The van der Waals surface area contributed by atoms with Gasteiger partial charge < -0.3 is 14.8 Å². The van der Waals surface area contributed by atoms with Crippen LogP contribution in [0, 0.1) is 0 Å². The Labute approximate surface area is 167 Å². The fourth-order valence-electron chi connectivity index (χ4n) is 2.86. The SMILES string of the molecule is CC(=O)Oc1ccc(-c2ccc(C(=O)O[C@H](C)C(=O)N3CCNC3=O)cc2)cc1. The van der Waals surface area contributed by atoms with E-state index in [1.54, 1.807) is 48.5 Å². The van der Waals surface area contributed by atoms with E-state index in [-0.39, 0.29) is 12.1 Å². The maximum Gasteiger partial charge on any atom is 0.338 e. The van der Waals surface area contributed by atoms with E-state index in [4.69, 9.17) is 9.47 Å². The number of urea groups is 1. The van der Waals surface area contributed by atoms with Crippen molar-refractivity contribution in [3.63, 3.8) is 0 Å². The van der Waals surface area contributed by atoms with Crippen molar-refractivity contribution in [1.29, 1.82) is 0 Å². The number of hydrogen-bond acceptors (Lipinski definition) is 6. The van der Waals surface area contributed by atoms with Crippen LogP contribution in [0.1, 0.15) is 24.2 Å². The van der Waals surface area contributed by atoms with Gasteiger partial charge in [-0.3, -0.25) is 14.5 Å². The molecule has 150 valence electrons. The van der Waals surface area contributed by atoms with Gasteiger partial charge in [-0.25, -0.2) is 9.59 Å². The second-order valence-corrected chi connectivity index (χ2v) is 6.46. The molecule has 3 rings (SSSR count). The molecule has 8 nitrogen and oxygen atoms in total. The minimum absolute atomic E-state index is 0.254. The minimum Gasteiger partial charge on any atom is -0.449 e. The Bertz CT molecular complexity index is 937. The molecule has 0 unspecified atom stereocenters. The van der Waals surface area contributed by atoms with Crippen molar-refractivity contribution in [2.24, 2.45) is 0 Å². The first-order valence-corrected chi connectivity index (χ1v) is 9.04. The lowest BCUT2D eigenvalue weighted by molar-refractivity contribution is -0.136. The summed E-state index contributed by atoms with van der Waals surface area (Å²) in [5.74, 6) is -1.15. The normalized spacial score (nSPS) is 14.1. The van der Waals surface area contributed by atoms with Gasteiger partial charge in [0, 0.05) is 20.0 Å². The van der Waals surface area contributed by atoms with Crippen LogP contribution in [0.2, 0.25) is 0 Å². The Morgan fingerprint density at radius 2 is 1.59 bits per heavy atom. The smallest absolute Gasteiger partial charge is 0.338 e. The van der Waals surface area contributed by atoms with Crippen molar-refractivity contribution in [2.45, 2.75) is 20.0 Å². The van der Waals surface area contributed by atoms with Crippen molar-refractivity contribution < 1.29 is 28.7 Å². The van der Waals surface area contributed by atoms with Crippen LogP contribution < -0.4 is 10.1 Å². The molecule has 29 heavy (non-hydrogen) atoms. The van der Waals surface area contributed by atoms with Crippen LogP contribution in [0.3, 0.4) is 0 Å². The van der Waals surface area contributed by atoms with Crippen LogP contribution in [-0.2, 0) is 14.3 Å². The summed E-state index contributed by atoms with van der Waals surface area (Å²) >= 11 is 0. The number of carbonyl (C=O) groups excluding carboxylic acids is 4. The fourth-order valence-corrected chi connectivity index (χ4v) is 2.86. The molecule has 2 aromatic carbocycles. The average Bonchev–Trinajstić information content (AvgIpc) is 3.13. The highest BCUT2D eigenvalue weighted by Gasteiger charge is 2.31. The Hall–Kier alpha value is -3.68. The largest absolute Gasteiger partial charge is 0.449 e. The summed E-state index contributed by atoms with van der Waals surface area (Å²) in [5, 5.41) is 2.53. The molecule has 0 aromatic heterocycles. The number of ether oxygens (including phenoxy) is 2. The molecular formula is C21H20N2O6. The third-order valence-electron chi connectivity index (χ3n) is 4.32. The van der Waals surface area contributed by atoms with E-state index >= 15 is 0 Å². The molecule has 0 aliphatic carbocycles. The summed E-state index contributed by atoms with van der Waals surface area (Å²) in [6.07, 6.45) is -1.07. The number of benzene rings is 2. The van der Waals surface area contributed by atoms with Crippen LogP contribution >= 0.6 is 0 Å². The maximum absolute atomic E-state index is 12.3. The number of imide groups is 1. The lowest BCUT2D eigenvalue weighted by Gasteiger charge is -2.18. The molecule has 0 saturated carbocycles. The van der Waals surface area contributed by atoms with Crippen LogP contribution in [0.4, 0.5) is 4.79 Å². The monoisotopic (exact) mass is 396 g/mol. The molecule has 1 N–H and O–H groups in total. The average molecular weight is 396 g/mol. The number of hydrogen-bond donors (Lipinski definition) is 1. The van der Waals surface area contributed by atoms with E-state index in [0.29, 0.717) is 12.3 Å². The summed E-state index contributed by atoms with van der Waals surface area (Å²) in [5.41, 5.74) is 2.02. The topological polar surface area (TPSA) is 102 Å². The lowest BCUT2D eigenvalue weighted by atomic mass is 10.0. The van der Waals surface area contributed by atoms with Crippen LogP contribution in [0.15, 0.2) is 48.5 Å². The molecule has 8 heteroatoms. The van der Waals surface area contributed by atoms with Crippen molar-refractivity contribution in [1.82, 2.24) is 10.2 Å². The van der Waals surface area contributed by atoms with Gasteiger partial charge in [0.2, 0.25) is 0 Å². The number of esters is 2. The third-order valence-corrected chi connectivity index (χ3v) is 4.32. The minimum atomic E-state index is -1.07. The Morgan fingerprint density at radius 3 is 2.10 bits per heavy atom. The first-order chi connectivity index (χ1) is 13.8. The highest BCUT2D eigenvalue weighted by Crippen LogP contribution is 2.23. The fraction of sp³-hybridized carbons (Fsp3) is 0.238. The molecule has 1 atom stereocenters. The standard InChI is InChI=1S/C21H20N2O6/c1-13(19(25)23-12-11-22-21(23)27)28-20(26)17-5-3-15(4-6-17)16-7-9-18(10-8-16)29-14(2)24/h3-10,13H,11-12H2,1-2H3,(H,22,27)/t13-/m1/s1. The van der Waals surface area contributed by atoms with Gasteiger partial charge in [-0.2, -0.15) is 0 Å². The molecule has 0 bridgehead atoms. The highest BCUT2D eigenvalue weighted by atomic mass is 16.5. The Kier molecular flexibility index (Phi) is 5.92. The zero-order valence-electron chi connectivity index (χ0n) is 16.0. The van der Waals surface area contributed by atoms with Gasteiger partial charge in [0.15, 0.2) is 6.10 Å². The molecule has 1 aliphatic rings. The third kappa shape index (κ3) is 4.78. The van der Waals surface area contributed by atoms with Crippen molar-refractivity contribution >= 4 is 23.9 Å². The first-order valence-electron chi connectivity index (χ1n) is 9.04.